The number of aromatic hydroxyl groups is 1. The van der Waals surface area contributed by atoms with Crippen molar-refractivity contribution in [3.05, 3.63) is 75.7 Å². The number of nitrogens with zero attached hydrogens (tertiary/aromatic N) is 2. The van der Waals surface area contributed by atoms with Crippen LogP contribution in [0.3, 0.4) is 0 Å². The van der Waals surface area contributed by atoms with E-state index in [9.17, 15) is 23.1 Å². The third-order valence-electron chi connectivity index (χ3n) is 6.53. The highest BCUT2D eigenvalue weighted by Gasteiger charge is 2.44. The van der Waals surface area contributed by atoms with Crippen LogP contribution < -0.4 is 5.32 Å². The SMILES string of the molecule is CCS(=O)(=O)c1ccc(CC(=O)Nc2cc(C)c3c(n2)CCC(C)(c2ncc(Cl)cc2O)C3=O)cc1. The van der Waals surface area contributed by atoms with Crippen LogP contribution in [0.1, 0.15) is 53.1 Å². The van der Waals surface area contributed by atoms with Crippen LogP contribution in [0.4, 0.5) is 5.82 Å². The minimum Gasteiger partial charge on any atom is -0.506 e. The lowest BCUT2D eigenvalue weighted by molar-refractivity contribution is -0.115. The highest BCUT2D eigenvalue weighted by atomic mass is 35.5. The van der Waals surface area contributed by atoms with Gasteiger partial charge in [-0.1, -0.05) is 30.7 Å². The number of carbonyl (C=O) groups is 2. The number of benzene rings is 1. The highest BCUT2D eigenvalue weighted by Crippen LogP contribution is 2.42. The Morgan fingerprint density at radius 1 is 1.22 bits per heavy atom. The maximum absolute atomic E-state index is 13.5. The maximum atomic E-state index is 13.5. The second-order valence-electron chi connectivity index (χ2n) is 9.10. The Hall–Kier alpha value is -3.30. The minimum absolute atomic E-state index is 0.00914. The average Bonchev–Trinajstić information content (AvgIpc) is 2.81. The van der Waals surface area contributed by atoms with Crippen LogP contribution in [-0.4, -0.2) is 40.9 Å². The van der Waals surface area contributed by atoms with Crippen LogP contribution in [0.15, 0.2) is 47.5 Å². The van der Waals surface area contributed by atoms with Crippen molar-refractivity contribution < 1.29 is 23.1 Å². The maximum Gasteiger partial charge on any atom is 0.229 e. The fraction of sp³-hybridized carbons (Fsp3) is 0.308. The van der Waals surface area contributed by atoms with Crippen LogP contribution in [-0.2, 0) is 32.9 Å². The number of carbonyl (C=O) groups excluding carboxylic acids is 2. The third-order valence-corrected chi connectivity index (χ3v) is 8.49. The Morgan fingerprint density at radius 3 is 2.56 bits per heavy atom. The molecule has 0 saturated carbocycles. The van der Waals surface area contributed by atoms with Crippen LogP contribution >= 0.6 is 11.6 Å². The molecule has 0 saturated heterocycles. The summed E-state index contributed by atoms with van der Waals surface area (Å²) in [6.07, 6.45) is 2.30. The third kappa shape index (κ3) is 4.85. The van der Waals surface area contributed by atoms with Gasteiger partial charge in [0.05, 0.1) is 38.9 Å². The molecule has 2 heterocycles. The standard InChI is InChI=1S/C26H26ClN3O5S/c1-4-36(34,35)18-7-5-16(6-8-18)12-22(32)30-21-11-15(2)23-19(29-21)9-10-26(3,25(23)33)24-20(31)13-17(27)14-28-24/h5-8,11,13-14,31H,4,9-10,12H2,1-3H3,(H,29,30,32). The van der Waals surface area contributed by atoms with Gasteiger partial charge in [-0.15, -0.1) is 0 Å². The Morgan fingerprint density at radius 2 is 1.92 bits per heavy atom. The first-order valence-electron chi connectivity index (χ1n) is 11.5. The van der Waals surface area contributed by atoms with E-state index in [1.54, 1.807) is 39.0 Å². The number of rotatable bonds is 6. The number of anilines is 1. The van der Waals surface area contributed by atoms with Gasteiger partial charge in [-0.05, 0) is 56.0 Å². The number of fused-ring (bicyclic) bond motifs is 1. The number of ketones is 1. The number of pyridine rings is 2. The summed E-state index contributed by atoms with van der Waals surface area (Å²) in [6, 6.07) is 9.25. The van der Waals surface area contributed by atoms with E-state index in [0.717, 1.165) is 0 Å². The number of aryl methyl sites for hydroxylation is 2. The smallest absolute Gasteiger partial charge is 0.229 e. The summed E-state index contributed by atoms with van der Waals surface area (Å²) in [4.78, 5) is 35.1. The van der Waals surface area contributed by atoms with E-state index in [1.165, 1.54) is 24.4 Å². The van der Waals surface area contributed by atoms with Gasteiger partial charge in [0.15, 0.2) is 15.6 Å². The van der Waals surface area contributed by atoms with Gasteiger partial charge in [0.1, 0.15) is 11.6 Å². The Kier molecular flexibility index (Phi) is 6.90. The van der Waals surface area contributed by atoms with Crippen molar-refractivity contribution in [2.24, 2.45) is 0 Å². The molecule has 4 rings (SSSR count). The van der Waals surface area contributed by atoms with E-state index >= 15 is 0 Å². The summed E-state index contributed by atoms with van der Waals surface area (Å²) >= 11 is 5.91. The van der Waals surface area contributed by atoms with E-state index in [2.05, 4.69) is 15.3 Å². The number of nitrogens with one attached hydrogen (secondary N) is 1. The van der Waals surface area contributed by atoms with Gasteiger partial charge in [0, 0.05) is 17.8 Å². The highest BCUT2D eigenvalue weighted by molar-refractivity contribution is 7.91. The Balaban J connectivity index is 1.53. The second-order valence-corrected chi connectivity index (χ2v) is 11.8. The first-order valence-corrected chi connectivity index (χ1v) is 13.5. The number of sulfone groups is 1. The van der Waals surface area contributed by atoms with Gasteiger partial charge in [0.25, 0.3) is 0 Å². The molecule has 0 spiro atoms. The fourth-order valence-corrected chi connectivity index (χ4v) is 5.52. The van der Waals surface area contributed by atoms with E-state index in [-0.39, 0.29) is 45.2 Å². The van der Waals surface area contributed by atoms with Crippen molar-refractivity contribution in [2.75, 3.05) is 11.1 Å². The van der Waals surface area contributed by atoms with Crippen molar-refractivity contribution in [3.8, 4) is 5.75 Å². The quantitative estimate of drug-likeness (QED) is 0.491. The predicted octanol–water partition coefficient (Wildman–Crippen LogP) is 4.21. The van der Waals surface area contributed by atoms with Gasteiger partial charge in [0.2, 0.25) is 5.91 Å². The van der Waals surface area contributed by atoms with Crippen molar-refractivity contribution >= 4 is 38.9 Å². The van der Waals surface area contributed by atoms with Gasteiger partial charge >= 0.3 is 0 Å². The number of aromatic nitrogens is 2. The van der Waals surface area contributed by atoms with E-state index < -0.39 is 15.3 Å². The molecular formula is C26H26ClN3O5S. The average molecular weight is 528 g/mol. The summed E-state index contributed by atoms with van der Waals surface area (Å²) < 4.78 is 23.9. The molecule has 1 aliphatic carbocycles. The summed E-state index contributed by atoms with van der Waals surface area (Å²) in [5.41, 5.74) is 1.61. The monoisotopic (exact) mass is 527 g/mol. The first kappa shape index (κ1) is 25.8. The summed E-state index contributed by atoms with van der Waals surface area (Å²) in [6.45, 7) is 5.11. The summed E-state index contributed by atoms with van der Waals surface area (Å²) in [5.74, 6) is -0.286. The molecular weight excluding hydrogens is 502 g/mol. The topological polar surface area (TPSA) is 126 Å². The van der Waals surface area contributed by atoms with Crippen molar-refractivity contribution in [2.45, 2.75) is 50.3 Å². The van der Waals surface area contributed by atoms with Crippen molar-refractivity contribution in [1.82, 2.24) is 9.97 Å². The Bertz CT molecular complexity index is 1470. The van der Waals surface area contributed by atoms with Gasteiger partial charge < -0.3 is 10.4 Å². The normalized spacial score (nSPS) is 17.5. The zero-order valence-electron chi connectivity index (χ0n) is 20.1. The first-order chi connectivity index (χ1) is 16.9. The molecule has 0 aliphatic heterocycles. The van der Waals surface area contributed by atoms with Gasteiger partial charge in [-0.25, -0.2) is 13.4 Å². The zero-order valence-corrected chi connectivity index (χ0v) is 21.7. The molecule has 188 valence electrons. The minimum atomic E-state index is -3.30. The number of amides is 1. The lowest BCUT2D eigenvalue weighted by Gasteiger charge is -2.33. The molecule has 10 heteroatoms. The molecule has 1 atom stereocenters. The number of hydrogen-bond acceptors (Lipinski definition) is 7. The largest absolute Gasteiger partial charge is 0.506 e. The van der Waals surface area contributed by atoms with Crippen LogP contribution in [0, 0.1) is 6.92 Å². The molecule has 0 radical (unpaired) electrons. The molecule has 0 fully saturated rings. The molecule has 2 aromatic heterocycles. The van der Waals surface area contributed by atoms with E-state index in [1.807, 2.05) is 0 Å². The zero-order chi connectivity index (χ0) is 26.3. The molecule has 1 aromatic carbocycles. The molecule has 1 amide bonds. The summed E-state index contributed by atoms with van der Waals surface area (Å²) in [7, 11) is -3.30. The van der Waals surface area contributed by atoms with Crippen LogP contribution in [0.5, 0.6) is 5.75 Å². The molecule has 1 aliphatic rings. The van der Waals surface area contributed by atoms with E-state index in [4.69, 9.17) is 11.6 Å². The summed E-state index contributed by atoms with van der Waals surface area (Å²) in [5, 5.41) is 13.4. The van der Waals surface area contributed by atoms with Gasteiger partial charge in [-0.2, -0.15) is 0 Å². The number of Topliss-reactive ketones (excluding diaryl/α,β-unsaturated/α-hetero) is 1. The lowest BCUT2D eigenvalue weighted by Crippen LogP contribution is -2.39. The predicted molar refractivity (Wildman–Crippen MR) is 136 cm³/mol. The van der Waals surface area contributed by atoms with Crippen LogP contribution in [0.25, 0.3) is 0 Å². The molecule has 1 unspecified atom stereocenters. The lowest BCUT2D eigenvalue weighted by atomic mass is 9.69. The number of hydrogen-bond donors (Lipinski definition) is 2. The molecule has 36 heavy (non-hydrogen) atoms. The second kappa shape index (κ2) is 9.63. The fourth-order valence-electron chi connectivity index (χ4n) is 4.48. The molecule has 2 N–H and O–H groups in total. The van der Waals surface area contributed by atoms with E-state index in [0.29, 0.717) is 41.0 Å². The van der Waals surface area contributed by atoms with Crippen LogP contribution in [0.2, 0.25) is 5.02 Å². The number of halogens is 1. The molecule has 0 bridgehead atoms. The van der Waals surface area contributed by atoms with Crippen molar-refractivity contribution in [3.63, 3.8) is 0 Å². The Labute approximate surface area is 214 Å². The molecule has 3 aromatic rings. The molecule has 8 nitrogen and oxygen atoms in total. The van der Waals surface area contributed by atoms with Gasteiger partial charge in [-0.3, -0.25) is 14.6 Å². The van der Waals surface area contributed by atoms with Crippen molar-refractivity contribution in [1.29, 1.82) is 0 Å².